The first-order chi connectivity index (χ1) is 24.2. The molecular formula is C41H47N5O4. The fraction of sp³-hybridized carbons (Fsp3) is 0.293. The average molecular weight is 674 g/mol. The van der Waals surface area contributed by atoms with Crippen LogP contribution in [0.3, 0.4) is 0 Å². The highest BCUT2D eigenvalue weighted by atomic mass is 16.3. The third-order valence-electron chi connectivity index (χ3n) is 8.83. The first-order valence-electron chi connectivity index (χ1n) is 17.1. The molecule has 0 bridgehead atoms. The molecule has 9 heteroatoms. The molecule has 0 spiro atoms. The third-order valence-corrected chi connectivity index (χ3v) is 8.83. The van der Waals surface area contributed by atoms with Gasteiger partial charge < -0.3 is 30.7 Å². The number of amides is 2. The second-order valence-corrected chi connectivity index (χ2v) is 12.9. The molecule has 0 aliphatic carbocycles. The van der Waals surface area contributed by atoms with Crippen molar-refractivity contribution in [2.45, 2.75) is 64.8 Å². The van der Waals surface area contributed by atoms with Crippen molar-refractivity contribution in [3.8, 4) is 5.82 Å². The average Bonchev–Trinajstić information content (AvgIpc) is 3.47. The van der Waals surface area contributed by atoms with E-state index in [2.05, 4.69) is 44.6 Å². The standard InChI is InChI=1S/C41H47N5O4/c1-28(42-26-38(48)36-19-20-39(43-25-36)46-29(2)9-10-30(46)3)21-32-11-13-33(14-12-32)23-40(49)44-24-34-15-17-35(18-16-34)41(50)45-37(27-47)22-31-7-5-4-6-8-31/h4-20,25,28,37-38,42,47-48H,21-24,26-27H2,1-3H3,(H,44,49)(H,45,50). The summed E-state index contributed by atoms with van der Waals surface area (Å²) in [6.45, 7) is 6.80. The Bertz CT molecular complexity index is 1800. The summed E-state index contributed by atoms with van der Waals surface area (Å²) >= 11 is 0. The number of aliphatic hydroxyl groups excluding tert-OH is 2. The fourth-order valence-electron chi connectivity index (χ4n) is 5.96. The molecule has 0 aliphatic rings. The minimum atomic E-state index is -0.668. The van der Waals surface area contributed by atoms with Gasteiger partial charge in [-0.2, -0.15) is 0 Å². The molecule has 0 aliphatic heterocycles. The molecule has 0 radical (unpaired) electrons. The minimum absolute atomic E-state index is 0.0866. The summed E-state index contributed by atoms with van der Waals surface area (Å²) in [6, 6.07) is 32.6. The lowest BCUT2D eigenvalue weighted by atomic mass is 10.0. The number of carbonyl (C=O) groups excluding carboxylic acids is 2. The maximum absolute atomic E-state index is 12.7. The van der Waals surface area contributed by atoms with Gasteiger partial charge in [0.15, 0.2) is 0 Å². The molecule has 0 fully saturated rings. The molecular weight excluding hydrogens is 626 g/mol. The molecule has 2 aromatic heterocycles. The summed E-state index contributed by atoms with van der Waals surface area (Å²) in [7, 11) is 0. The van der Waals surface area contributed by atoms with Crippen LogP contribution in [-0.4, -0.2) is 56.8 Å². The van der Waals surface area contributed by atoms with E-state index in [9.17, 15) is 19.8 Å². The smallest absolute Gasteiger partial charge is 0.251 e. The number of benzene rings is 3. The van der Waals surface area contributed by atoms with Crippen molar-refractivity contribution in [1.82, 2.24) is 25.5 Å². The quantitative estimate of drug-likeness (QED) is 0.101. The van der Waals surface area contributed by atoms with Gasteiger partial charge in [-0.3, -0.25) is 9.59 Å². The van der Waals surface area contributed by atoms with Crippen LogP contribution >= 0.6 is 0 Å². The lowest BCUT2D eigenvalue weighted by molar-refractivity contribution is -0.120. The van der Waals surface area contributed by atoms with Gasteiger partial charge in [0.1, 0.15) is 5.82 Å². The van der Waals surface area contributed by atoms with Crippen LogP contribution in [0.25, 0.3) is 5.82 Å². The molecule has 2 amide bonds. The molecule has 5 rings (SSSR count). The summed E-state index contributed by atoms with van der Waals surface area (Å²) in [6.07, 6.45) is 2.66. The Morgan fingerprint density at radius 3 is 2.06 bits per heavy atom. The summed E-state index contributed by atoms with van der Waals surface area (Å²) in [4.78, 5) is 30.0. The van der Waals surface area contributed by atoms with E-state index in [1.165, 1.54) is 0 Å². The zero-order valence-electron chi connectivity index (χ0n) is 29.0. The number of carbonyl (C=O) groups is 2. The zero-order chi connectivity index (χ0) is 35.5. The monoisotopic (exact) mass is 673 g/mol. The summed E-state index contributed by atoms with van der Waals surface area (Å²) in [5.41, 5.74) is 7.48. The van der Waals surface area contributed by atoms with Crippen LogP contribution < -0.4 is 16.0 Å². The number of hydrogen-bond acceptors (Lipinski definition) is 6. The Morgan fingerprint density at radius 2 is 1.42 bits per heavy atom. The molecule has 5 aromatic rings. The molecule has 5 N–H and O–H groups in total. The van der Waals surface area contributed by atoms with Crippen LogP contribution in [0.4, 0.5) is 0 Å². The second-order valence-electron chi connectivity index (χ2n) is 12.9. The molecule has 3 unspecified atom stereocenters. The van der Waals surface area contributed by atoms with E-state index in [1.807, 2.05) is 92.7 Å². The normalized spacial score (nSPS) is 13.0. The van der Waals surface area contributed by atoms with Crippen molar-refractivity contribution in [2.24, 2.45) is 0 Å². The van der Waals surface area contributed by atoms with Gasteiger partial charge in [0.05, 0.1) is 25.2 Å². The Balaban J connectivity index is 1.01. The highest BCUT2D eigenvalue weighted by Crippen LogP contribution is 2.18. The van der Waals surface area contributed by atoms with Gasteiger partial charge >= 0.3 is 0 Å². The number of rotatable bonds is 16. The van der Waals surface area contributed by atoms with E-state index in [0.29, 0.717) is 25.1 Å². The van der Waals surface area contributed by atoms with Crippen molar-refractivity contribution >= 4 is 11.8 Å². The molecule has 3 aromatic carbocycles. The first kappa shape index (κ1) is 36.2. The molecule has 0 saturated heterocycles. The van der Waals surface area contributed by atoms with Crippen LogP contribution in [0.2, 0.25) is 0 Å². The van der Waals surface area contributed by atoms with E-state index in [0.717, 1.165) is 51.4 Å². The number of aliphatic hydroxyl groups is 2. The van der Waals surface area contributed by atoms with E-state index in [-0.39, 0.29) is 36.9 Å². The highest BCUT2D eigenvalue weighted by Gasteiger charge is 2.15. The van der Waals surface area contributed by atoms with Crippen molar-refractivity contribution < 1.29 is 19.8 Å². The number of aryl methyl sites for hydroxylation is 2. The third kappa shape index (κ3) is 10.2. The predicted molar refractivity (Wildman–Crippen MR) is 196 cm³/mol. The molecule has 0 saturated carbocycles. The van der Waals surface area contributed by atoms with Crippen molar-refractivity contribution in [3.05, 3.63) is 154 Å². The number of aromatic nitrogens is 2. The van der Waals surface area contributed by atoms with Crippen LogP contribution in [0.1, 0.15) is 62.6 Å². The Hall–Kier alpha value is -5.09. The van der Waals surface area contributed by atoms with Crippen LogP contribution in [0.5, 0.6) is 0 Å². The number of hydrogen-bond donors (Lipinski definition) is 5. The topological polar surface area (TPSA) is 129 Å². The number of nitrogens with one attached hydrogen (secondary N) is 3. The lowest BCUT2D eigenvalue weighted by Gasteiger charge is -2.18. The van der Waals surface area contributed by atoms with Gasteiger partial charge in [0, 0.05) is 47.8 Å². The maximum atomic E-state index is 12.7. The van der Waals surface area contributed by atoms with E-state index >= 15 is 0 Å². The Kier molecular flexibility index (Phi) is 12.7. The molecule has 50 heavy (non-hydrogen) atoms. The van der Waals surface area contributed by atoms with Crippen LogP contribution in [0, 0.1) is 13.8 Å². The van der Waals surface area contributed by atoms with Crippen molar-refractivity contribution in [2.75, 3.05) is 13.2 Å². The first-order valence-corrected chi connectivity index (χ1v) is 17.1. The Morgan fingerprint density at radius 1 is 0.780 bits per heavy atom. The van der Waals surface area contributed by atoms with Gasteiger partial charge in [-0.1, -0.05) is 72.8 Å². The molecule has 3 atom stereocenters. The fourth-order valence-corrected chi connectivity index (χ4v) is 5.96. The predicted octanol–water partition coefficient (Wildman–Crippen LogP) is 4.94. The summed E-state index contributed by atoms with van der Waals surface area (Å²) < 4.78 is 2.09. The van der Waals surface area contributed by atoms with E-state index in [4.69, 9.17) is 0 Å². The zero-order valence-corrected chi connectivity index (χ0v) is 29.0. The Labute approximate surface area is 294 Å². The molecule has 9 nitrogen and oxygen atoms in total. The highest BCUT2D eigenvalue weighted by molar-refractivity contribution is 5.94. The van der Waals surface area contributed by atoms with E-state index < -0.39 is 6.10 Å². The number of nitrogens with zero attached hydrogens (tertiary/aromatic N) is 2. The largest absolute Gasteiger partial charge is 0.394 e. The molecule has 260 valence electrons. The maximum Gasteiger partial charge on any atom is 0.251 e. The van der Waals surface area contributed by atoms with Gasteiger partial charge in [0.25, 0.3) is 5.91 Å². The lowest BCUT2D eigenvalue weighted by Crippen LogP contribution is -2.39. The van der Waals surface area contributed by atoms with Gasteiger partial charge in [-0.05, 0) is 86.2 Å². The SMILES string of the molecule is Cc1ccc(C)n1-c1ccc(C(O)CNC(C)Cc2ccc(CC(=O)NCc3ccc(C(=O)NC(CO)Cc4ccccc4)cc3)cc2)cn1. The second kappa shape index (κ2) is 17.5. The van der Waals surface area contributed by atoms with E-state index in [1.54, 1.807) is 18.3 Å². The van der Waals surface area contributed by atoms with Gasteiger partial charge in [-0.25, -0.2) is 4.98 Å². The van der Waals surface area contributed by atoms with Gasteiger partial charge in [-0.15, -0.1) is 0 Å². The number of pyridine rings is 1. The summed E-state index contributed by atoms with van der Waals surface area (Å²) in [5, 5.41) is 29.8. The minimum Gasteiger partial charge on any atom is -0.394 e. The van der Waals surface area contributed by atoms with Crippen molar-refractivity contribution in [3.63, 3.8) is 0 Å². The van der Waals surface area contributed by atoms with Crippen LogP contribution in [0.15, 0.2) is 109 Å². The van der Waals surface area contributed by atoms with Crippen LogP contribution in [-0.2, 0) is 30.6 Å². The molecule has 2 heterocycles. The summed E-state index contributed by atoms with van der Waals surface area (Å²) in [5.74, 6) is 0.500. The van der Waals surface area contributed by atoms with Gasteiger partial charge in [0.2, 0.25) is 5.91 Å². The van der Waals surface area contributed by atoms with Crippen molar-refractivity contribution in [1.29, 1.82) is 0 Å².